The largest absolute Gasteiger partial charge is 0.490 e. The van der Waals surface area contributed by atoms with Crippen LogP contribution in [0.2, 0.25) is 0 Å². The number of carbonyl (C=O) groups is 1. The summed E-state index contributed by atoms with van der Waals surface area (Å²) in [5.41, 5.74) is 6.81. The fourth-order valence-corrected chi connectivity index (χ4v) is 3.54. The summed E-state index contributed by atoms with van der Waals surface area (Å²) in [5.74, 6) is -2.08. The van der Waals surface area contributed by atoms with Gasteiger partial charge in [-0.2, -0.15) is 13.2 Å². The van der Waals surface area contributed by atoms with E-state index in [0.717, 1.165) is 19.5 Å². The minimum atomic E-state index is -5.00. The minimum Gasteiger partial charge on any atom is -0.437 e. The Balaban J connectivity index is 1.59. The van der Waals surface area contributed by atoms with Gasteiger partial charge in [-0.25, -0.2) is 4.79 Å². The number of para-hydroxylation sites is 1. The Bertz CT molecular complexity index is 605. The third-order valence-corrected chi connectivity index (χ3v) is 4.60. The fraction of sp³-hybridized carbons (Fsp3) is 0.562. The summed E-state index contributed by atoms with van der Waals surface area (Å²) < 4.78 is 41.5. The van der Waals surface area contributed by atoms with Crippen molar-refractivity contribution in [1.29, 1.82) is 0 Å². The highest BCUT2D eigenvalue weighted by atomic mass is 19.4. The number of ether oxygens (including phenoxy) is 1. The minimum absolute atomic E-state index is 0.118. The maximum Gasteiger partial charge on any atom is 0.490 e. The van der Waals surface area contributed by atoms with E-state index in [2.05, 4.69) is 21.8 Å². The van der Waals surface area contributed by atoms with Crippen LogP contribution in [0.1, 0.15) is 24.8 Å². The van der Waals surface area contributed by atoms with Crippen molar-refractivity contribution in [3.63, 3.8) is 0 Å². The zero-order valence-corrected chi connectivity index (χ0v) is 12.6. The summed E-state index contributed by atoms with van der Waals surface area (Å²) >= 11 is 0. The molecule has 23 heavy (non-hydrogen) atoms. The van der Waals surface area contributed by atoms with Gasteiger partial charge in [0.2, 0.25) is 0 Å². The van der Waals surface area contributed by atoms with E-state index in [9.17, 15) is 18.0 Å². The maximum absolute atomic E-state index is 12.3. The number of anilines is 1. The number of alkyl halides is 3. The van der Waals surface area contributed by atoms with Gasteiger partial charge in [0.15, 0.2) is 5.72 Å². The molecular formula is C16H19F3N2O2. The molecule has 0 spiro atoms. The molecule has 3 rings (SSSR count). The molecule has 0 radical (unpaired) electrons. The maximum atomic E-state index is 12.3. The molecule has 2 atom stereocenters. The number of benzene rings is 1. The fourth-order valence-electron chi connectivity index (χ4n) is 3.54. The van der Waals surface area contributed by atoms with Gasteiger partial charge < -0.3 is 9.64 Å². The summed E-state index contributed by atoms with van der Waals surface area (Å²) in [7, 11) is 0. The quantitative estimate of drug-likeness (QED) is 0.684. The second-order valence-electron chi connectivity index (χ2n) is 6.39. The van der Waals surface area contributed by atoms with Crippen molar-refractivity contribution in [3.8, 4) is 0 Å². The SMILES string of the molecule is N[C@@]1(OC(=O)C(F)(F)F)CC[C@H](CN2CCc3ccccc32)C1. The molecule has 0 saturated heterocycles. The predicted molar refractivity (Wildman–Crippen MR) is 78.8 cm³/mol. The number of carbonyl (C=O) groups excluding carboxylic acids is 1. The standard InChI is InChI=1S/C16H19F3N2O2/c17-16(18,19)14(22)23-15(20)7-5-11(9-15)10-21-8-6-12-3-1-2-4-13(12)21/h1-4,11H,5-10,20H2/t11-,15+/m0/s1. The van der Waals surface area contributed by atoms with Crippen LogP contribution in [-0.2, 0) is 16.0 Å². The van der Waals surface area contributed by atoms with Crippen LogP contribution in [0.4, 0.5) is 18.9 Å². The molecule has 7 heteroatoms. The Morgan fingerprint density at radius 2 is 2.13 bits per heavy atom. The van der Waals surface area contributed by atoms with E-state index in [0.29, 0.717) is 6.42 Å². The normalized spacial score (nSPS) is 27.1. The second-order valence-corrected chi connectivity index (χ2v) is 6.39. The summed E-state index contributed by atoms with van der Waals surface area (Å²) in [6.45, 7) is 1.62. The van der Waals surface area contributed by atoms with Gasteiger partial charge >= 0.3 is 12.1 Å². The Hall–Kier alpha value is -1.76. The van der Waals surface area contributed by atoms with E-state index in [4.69, 9.17) is 5.73 Å². The summed E-state index contributed by atoms with van der Waals surface area (Å²) in [6.07, 6.45) is -2.86. The van der Waals surface area contributed by atoms with E-state index in [1.165, 1.54) is 11.3 Å². The lowest BCUT2D eigenvalue weighted by atomic mass is 10.1. The number of nitrogens with zero attached hydrogens (tertiary/aromatic N) is 1. The first kappa shape index (κ1) is 16.1. The van der Waals surface area contributed by atoms with E-state index < -0.39 is 17.9 Å². The van der Waals surface area contributed by atoms with E-state index in [1.807, 2.05) is 12.1 Å². The lowest BCUT2D eigenvalue weighted by Gasteiger charge is -2.27. The molecule has 2 aliphatic rings. The van der Waals surface area contributed by atoms with Gasteiger partial charge in [-0.05, 0) is 30.4 Å². The number of esters is 1. The molecule has 0 amide bonds. The number of nitrogens with two attached hydrogens (primary N) is 1. The van der Waals surface area contributed by atoms with Crippen LogP contribution in [0.3, 0.4) is 0 Å². The summed E-state index contributed by atoms with van der Waals surface area (Å²) in [4.78, 5) is 13.2. The number of rotatable bonds is 3. The predicted octanol–water partition coefficient (Wildman–Crippen LogP) is 2.61. The van der Waals surface area contributed by atoms with Gasteiger partial charge in [0.1, 0.15) is 0 Å². The highest BCUT2D eigenvalue weighted by Gasteiger charge is 2.48. The molecule has 1 aromatic carbocycles. The van der Waals surface area contributed by atoms with Gasteiger partial charge in [0, 0.05) is 31.6 Å². The Morgan fingerprint density at radius 1 is 1.39 bits per heavy atom. The van der Waals surface area contributed by atoms with E-state index in [-0.39, 0.29) is 18.8 Å². The smallest absolute Gasteiger partial charge is 0.437 e. The summed E-state index contributed by atoms with van der Waals surface area (Å²) in [5, 5.41) is 0. The lowest BCUT2D eigenvalue weighted by molar-refractivity contribution is -0.213. The molecule has 1 fully saturated rings. The van der Waals surface area contributed by atoms with Gasteiger partial charge in [-0.15, -0.1) is 0 Å². The molecule has 0 bridgehead atoms. The van der Waals surface area contributed by atoms with Crippen LogP contribution < -0.4 is 10.6 Å². The van der Waals surface area contributed by atoms with Gasteiger partial charge in [-0.3, -0.25) is 5.73 Å². The van der Waals surface area contributed by atoms with Crippen molar-refractivity contribution in [2.45, 2.75) is 37.6 Å². The Labute approximate surface area is 132 Å². The zero-order chi connectivity index (χ0) is 16.7. The van der Waals surface area contributed by atoms with Crippen LogP contribution in [0.15, 0.2) is 24.3 Å². The van der Waals surface area contributed by atoms with Crippen molar-refractivity contribution >= 4 is 11.7 Å². The van der Waals surface area contributed by atoms with Crippen LogP contribution in [0, 0.1) is 5.92 Å². The second kappa shape index (κ2) is 5.70. The number of fused-ring (bicyclic) bond motifs is 1. The number of hydrogen-bond acceptors (Lipinski definition) is 4. The molecule has 4 nitrogen and oxygen atoms in total. The number of halogens is 3. The lowest BCUT2D eigenvalue weighted by Crippen LogP contribution is -2.45. The van der Waals surface area contributed by atoms with Gasteiger partial charge in [0.25, 0.3) is 0 Å². The van der Waals surface area contributed by atoms with Crippen molar-refractivity contribution in [1.82, 2.24) is 0 Å². The first-order valence-corrected chi connectivity index (χ1v) is 7.69. The molecule has 2 N–H and O–H groups in total. The highest BCUT2D eigenvalue weighted by Crippen LogP contribution is 2.37. The van der Waals surface area contributed by atoms with Crippen molar-refractivity contribution in [3.05, 3.63) is 29.8 Å². The van der Waals surface area contributed by atoms with Crippen LogP contribution in [0.25, 0.3) is 0 Å². The molecule has 126 valence electrons. The first-order chi connectivity index (χ1) is 10.8. The van der Waals surface area contributed by atoms with Crippen molar-refractivity contribution in [2.24, 2.45) is 11.7 Å². The van der Waals surface area contributed by atoms with E-state index in [1.54, 1.807) is 0 Å². The zero-order valence-electron chi connectivity index (χ0n) is 12.6. The Morgan fingerprint density at radius 3 is 2.87 bits per heavy atom. The molecule has 1 aliphatic carbocycles. The monoisotopic (exact) mass is 328 g/mol. The van der Waals surface area contributed by atoms with Crippen molar-refractivity contribution < 1.29 is 22.7 Å². The number of hydrogen-bond donors (Lipinski definition) is 1. The average Bonchev–Trinajstić information content (AvgIpc) is 3.03. The summed E-state index contributed by atoms with van der Waals surface area (Å²) in [6, 6.07) is 8.11. The van der Waals surface area contributed by atoms with Crippen molar-refractivity contribution in [2.75, 3.05) is 18.0 Å². The Kier molecular flexibility index (Phi) is 4.00. The molecule has 1 heterocycles. The molecule has 0 unspecified atom stereocenters. The third kappa shape index (κ3) is 3.44. The first-order valence-electron chi connectivity index (χ1n) is 7.69. The molecule has 1 saturated carbocycles. The molecular weight excluding hydrogens is 309 g/mol. The topological polar surface area (TPSA) is 55.6 Å². The third-order valence-electron chi connectivity index (χ3n) is 4.60. The molecule has 1 aromatic rings. The average molecular weight is 328 g/mol. The highest BCUT2D eigenvalue weighted by molar-refractivity contribution is 5.76. The van der Waals surface area contributed by atoms with Gasteiger partial charge in [-0.1, -0.05) is 18.2 Å². The molecule has 1 aliphatic heterocycles. The van der Waals surface area contributed by atoms with Crippen LogP contribution >= 0.6 is 0 Å². The van der Waals surface area contributed by atoms with Crippen LogP contribution in [0.5, 0.6) is 0 Å². The van der Waals surface area contributed by atoms with E-state index >= 15 is 0 Å². The van der Waals surface area contributed by atoms with Gasteiger partial charge in [0.05, 0.1) is 0 Å². The molecule has 0 aromatic heterocycles. The van der Waals surface area contributed by atoms with Crippen LogP contribution in [-0.4, -0.2) is 31.0 Å².